The lowest BCUT2D eigenvalue weighted by Crippen LogP contribution is -2.63. The van der Waals surface area contributed by atoms with Gasteiger partial charge in [-0.25, -0.2) is 13.2 Å². The number of amides is 5. The predicted octanol–water partition coefficient (Wildman–Crippen LogP) is 15.6. The zero-order valence-electron chi connectivity index (χ0n) is 69.1. The number of carbonyl (C=O) groups excluding carboxylic acids is 5. The van der Waals surface area contributed by atoms with Crippen LogP contribution in [0.2, 0.25) is 0 Å². The van der Waals surface area contributed by atoms with Gasteiger partial charge >= 0.3 is 6.09 Å². The first-order valence-electron chi connectivity index (χ1n) is 45.1. The Morgan fingerprint density at radius 1 is 0.372 bits per heavy atom. The van der Waals surface area contributed by atoms with E-state index >= 15 is 0 Å². The molecule has 16 aliphatic carbocycles. The molecule has 4 heterocycles. The van der Waals surface area contributed by atoms with Crippen LogP contribution in [0.15, 0.2) is 121 Å². The fourth-order valence-corrected chi connectivity index (χ4v) is 30.6. The number of piperazine rings is 1. The molecule has 15 nitrogen and oxygen atoms in total. The molecule has 24 rings (SSSR count). The summed E-state index contributed by atoms with van der Waals surface area (Å²) in [4.78, 5) is 75.0. The zero-order chi connectivity index (χ0) is 78.7. The second-order valence-corrected chi connectivity index (χ2v) is 43.1. The molecular weight excluding hydrogens is 1430 g/mol. The van der Waals surface area contributed by atoms with E-state index in [2.05, 4.69) is 156 Å². The Bertz CT molecular complexity index is 4050. The van der Waals surface area contributed by atoms with Gasteiger partial charge in [0.1, 0.15) is 0 Å². The van der Waals surface area contributed by atoms with Crippen LogP contribution in [0.25, 0.3) is 0 Å². The lowest BCUT2D eigenvalue weighted by atomic mass is 9.37. The Morgan fingerprint density at radius 3 is 0.965 bits per heavy atom. The third kappa shape index (κ3) is 14.2. The lowest BCUT2D eigenvalue weighted by molar-refractivity contribution is -0.160. The molecule has 16 bridgehead atoms. The molecule has 2 atom stereocenters. The quantitative estimate of drug-likeness (QED) is 0.123. The molecule has 612 valence electrons. The molecule has 4 aromatic rings. The van der Waals surface area contributed by atoms with Crippen molar-refractivity contribution >= 4 is 39.6 Å². The Kier molecular flexibility index (Phi) is 22.0. The second-order valence-electron chi connectivity index (χ2n) is 40.8. The van der Waals surface area contributed by atoms with E-state index in [1.807, 2.05) is 26.5 Å². The topological polar surface area (TPSA) is 185 Å². The lowest BCUT2D eigenvalue weighted by Gasteiger charge is -2.67. The maximum absolute atomic E-state index is 13.6. The summed E-state index contributed by atoms with van der Waals surface area (Å²) in [5, 5.41) is 19.3. The molecule has 4 aromatic carbocycles. The third-order valence-electron chi connectivity index (χ3n) is 36.0. The van der Waals surface area contributed by atoms with Crippen molar-refractivity contribution in [1.29, 1.82) is 0 Å². The maximum atomic E-state index is 13.6. The molecule has 16 heteroatoms. The van der Waals surface area contributed by atoms with Crippen LogP contribution in [-0.4, -0.2) is 169 Å². The van der Waals surface area contributed by atoms with E-state index in [0.717, 1.165) is 84.5 Å². The van der Waals surface area contributed by atoms with Crippen molar-refractivity contribution in [3.63, 3.8) is 0 Å². The fraction of sp³-hybridized carbons (Fsp3) is 0.701. The summed E-state index contributed by atoms with van der Waals surface area (Å²) in [6, 6.07) is 43.6. The van der Waals surface area contributed by atoms with Gasteiger partial charge in [-0.3, -0.25) is 19.2 Å². The van der Waals surface area contributed by atoms with Crippen LogP contribution in [0.4, 0.5) is 4.79 Å². The SMILES string of the molecule is CC1(C)C2CC3CC1CC(C2)C3(CC(=O)N1CC(O)C1)c1ccccc1.CC1C2CC3CC1CC(C2)C3(CC(=O)N1CCC(S(C)(=O)=O)C1)c1ccccc1.CC1C2CC3CC1CC(C2)C3(CC(=O)N1CCC[C@@H](O)C1)c1ccccc1.CCOC(=O)N1CCN(C(=O)CC2(c3ccccc3)C3CC4CC2CC(C3)C4C)CC1. The first-order chi connectivity index (χ1) is 54.3. The summed E-state index contributed by atoms with van der Waals surface area (Å²) < 4.78 is 29.1. The monoisotopic (exact) mass is 1560 g/mol. The minimum Gasteiger partial charge on any atom is -0.450 e. The van der Waals surface area contributed by atoms with Crippen molar-refractivity contribution in [1.82, 2.24) is 24.5 Å². The molecule has 5 amide bonds. The molecule has 0 radical (unpaired) electrons. The Labute approximate surface area is 675 Å². The highest BCUT2D eigenvalue weighted by Crippen LogP contribution is 2.72. The largest absolute Gasteiger partial charge is 0.450 e. The number of likely N-dealkylation sites (tertiary alicyclic amines) is 3. The fourth-order valence-electron chi connectivity index (χ4n) is 29.7. The molecule has 4 saturated heterocycles. The molecular formula is C97H133N5O10S. The van der Waals surface area contributed by atoms with Gasteiger partial charge < -0.3 is 39.4 Å². The van der Waals surface area contributed by atoms with Crippen molar-refractivity contribution < 1.29 is 47.3 Å². The molecule has 0 aromatic heterocycles. The van der Waals surface area contributed by atoms with Gasteiger partial charge in [-0.15, -0.1) is 0 Å². The molecule has 16 saturated carbocycles. The van der Waals surface area contributed by atoms with Crippen LogP contribution in [0, 0.1) is 118 Å². The van der Waals surface area contributed by atoms with E-state index in [1.54, 1.807) is 4.90 Å². The molecule has 113 heavy (non-hydrogen) atoms. The minimum absolute atomic E-state index is 0.0102. The van der Waals surface area contributed by atoms with Crippen molar-refractivity contribution in [2.45, 2.75) is 228 Å². The van der Waals surface area contributed by atoms with E-state index in [9.17, 15) is 42.6 Å². The number of benzene rings is 4. The molecule has 2 N–H and O–H groups in total. The van der Waals surface area contributed by atoms with Crippen LogP contribution < -0.4 is 0 Å². The number of piperidine rings is 1. The summed E-state index contributed by atoms with van der Waals surface area (Å²) in [7, 11) is -3.09. The summed E-state index contributed by atoms with van der Waals surface area (Å²) in [6.45, 7) is 20.3. The van der Waals surface area contributed by atoms with Crippen LogP contribution in [-0.2, 0) is 55.4 Å². The van der Waals surface area contributed by atoms with E-state index in [0.29, 0.717) is 150 Å². The molecule has 20 aliphatic rings. The number of nitrogens with zero attached hydrogens (tertiary/aromatic N) is 5. The number of β-amino-alcohol motifs (C(OH)–C–C–N with tert-alkyl or cyclic N) is 2. The molecule has 20 fully saturated rings. The average Bonchev–Trinajstić information content (AvgIpc) is 0.879. The van der Waals surface area contributed by atoms with Gasteiger partial charge in [-0.1, -0.05) is 156 Å². The number of sulfone groups is 1. The summed E-state index contributed by atoms with van der Waals surface area (Å²) >= 11 is 0. The first-order valence-corrected chi connectivity index (χ1v) is 47.1. The highest BCUT2D eigenvalue weighted by atomic mass is 32.2. The number of carbonyl (C=O) groups is 5. The third-order valence-corrected chi connectivity index (χ3v) is 37.6. The van der Waals surface area contributed by atoms with Gasteiger partial charge in [-0.05, 0) is 269 Å². The van der Waals surface area contributed by atoms with Crippen molar-refractivity contribution in [3.05, 3.63) is 144 Å². The highest BCUT2D eigenvalue weighted by Gasteiger charge is 2.66. The number of aliphatic hydroxyl groups is 2. The smallest absolute Gasteiger partial charge is 0.409 e. The predicted molar refractivity (Wildman–Crippen MR) is 441 cm³/mol. The van der Waals surface area contributed by atoms with Gasteiger partial charge in [-0.2, -0.15) is 0 Å². The Hall–Kier alpha value is -6.10. The Balaban J connectivity index is 0.000000109. The van der Waals surface area contributed by atoms with E-state index in [-0.39, 0.29) is 63.6 Å². The first kappa shape index (κ1) is 79.4. The van der Waals surface area contributed by atoms with Crippen LogP contribution in [0.1, 0.15) is 211 Å². The summed E-state index contributed by atoms with van der Waals surface area (Å²) in [5.41, 5.74) is 5.96. The van der Waals surface area contributed by atoms with E-state index in [1.165, 1.54) is 131 Å². The standard InChI is InChI=1S/C26H36N2O3.C24H33NO3S.C24H33NO2.C23H31NO2/c1-3-31-25(30)28-11-9-27(10-12-28)24(29)17-26(21-7-5-4-6-8-21)22-13-19-14-23(26)16-20(15-22)18(19)2;1-16-17-10-20-12-18(16)13-21(11-17)24(20,19-6-4-3-5-7-19)14-23(26)25-9-8-22(15-25)29(2,27)28;1-16-17-10-20-12-18(16)13-21(11-17)24(20,19-6-3-2-4-7-19)14-23(27)25-9-5-8-22(26)15-25;1-22(2)16-8-18-10-17(22)11-19(9-16)23(18,15-6-4-3-5-7-15)12-21(26)24-13-20(25)14-24/h4-8,18-20,22-23H,3,9-17H2,1-2H3;3-7,16-18,20-22H,8-15H2,1-2H3;2-4,6-7,16-18,20-22,26H,5,8-15H2,1H3;3-7,16-20,25H,8-14H2,1-2H3/t;;16?,17?,18?,20?,21?,22-,24?;/m..1./s1. The van der Waals surface area contributed by atoms with E-state index < -0.39 is 15.1 Å². The van der Waals surface area contributed by atoms with E-state index in [4.69, 9.17) is 4.74 Å². The van der Waals surface area contributed by atoms with Crippen molar-refractivity contribution in [2.75, 3.05) is 78.3 Å². The number of hydrogen-bond donors (Lipinski definition) is 2. The maximum Gasteiger partial charge on any atom is 0.409 e. The van der Waals surface area contributed by atoms with Crippen molar-refractivity contribution in [3.8, 4) is 0 Å². The molecule has 4 aliphatic heterocycles. The number of rotatable bonds is 14. The normalized spacial score (nSPS) is 40.2. The zero-order valence-corrected chi connectivity index (χ0v) is 69.9. The number of ether oxygens (including phenoxy) is 1. The summed E-state index contributed by atoms with van der Waals surface area (Å²) in [6.07, 6.45) is 25.7. The Morgan fingerprint density at radius 2 is 0.664 bits per heavy atom. The van der Waals surface area contributed by atoms with Crippen LogP contribution >= 0.6 is 0 Å². The second kappa shape index (κ2) is 31.3. The van der Waals surface area contributed by atoms with Gasteiger partial charge in [0.2, 0.25) is 23.6 Å². The molecule has 0 spiro atoms. The van der Waals surface area contributed by atoms with Gasteiger partial charge in [0, 0.05) is 119 Å². The van der Waals surface area contributed by atoms with Crippen molar-refractivity contribution in [2.24, 2.45) is 118 Å². The molecule has 1 unspecified atom stereocenters. The van der Waals surface area contributed by atoms with Gasteiger partial charge in [0.25, 0.3) is 0 Å². The minimum atomic E-state index is -3.09. The van der Waals surface area contributed by atoms with Crippen LogP contribution in [0.5, 0.6) is 0 Å². The van der Waals surface area contributed by atoms with Crippen LogP contribution in [0.3, 0.4) is 0 Å². The highest BCUT2D eigenvalue weighted by molar-refractivity contribution is 7.91. The van der Waals surface area contributed by atoms with Gasteiger partial charge in [0.05, 0.1) is 24.1 Å². The number of aliphatic hydroxyl groups excluding tert-OH is 2. The van der Waals surface area contributed by atoms with Gasteiger partial charge in [0.15, 0.2) is 9.84 Å². The summed E-state index contributed by atoms with van der Waals surface area (Å²) in [5.74, 6) is 15.3. The number of hydrogen-bond acceptors (Lipinski definition) is 10. The average molecular weight is 1560 g/mol.